The minimum Gasteiger partial charge on any atom is -0.353 e. The first kappa shape index (κ1) is 17.2. The summed E-state index contributed by atoms with van der Waals surface area (Å²) >= 11 is 0. The van der Waals surface area contributed by atoms with Gasteiger partial charge in [0.25, 0.3) is 5.91 Å². The number of hydrogen-bond donors (Lipinski definition) is 2. The first-order valence-electron chi connectivity index (χ1n) is 8.96. The first-order valence-corrected chi connectivity index (χ1v) is 8.96. The van der Waals surface area contributed by atoms with Crippen molar-refractivity contribution < 1.29 is 9.18 Å². The number of aromatic amines is 1. The molecule has 1 aliphatic rings. The van der Waals surface area contributed by atoms with Crippen molar-refractivity contribution in [3.8, 4) is 11.3 Å². The average molecular weight is 365 g/mol. The largest absolute Gasteiger partial charge is 0.353 e. The maximum Gasteiger partial charge on any atom is 0.251 e. The smallest absolute Gasteiger partial charge is 0.251 e. The number of rotatable bonds is 4. The van der Waals surface area contributed by atoms with Gasteiger partial charge in [0, 0.05) is 48.7 Å². The summed E-state index contributed by atoms with van der Waals surface area (Å²) in [7, 11) is 0. The molecule has 7 heteroatoms. The Morgan fingerprint density at radius 2 is 1.96 bits per heavy atom. The molecule has 0 aliphatic carbocycles. The Bertz CT molecular complexity index is 910. The molecule has 2 N–H and O–H groups in total. The lowest BCUT2D eigenvalue weighted by atomic mass is 10.0. The molecule has 1 aromatic carbocycles. The molecule has 0 bridgehead atoms. The van der Waals surface area contributed by atoms with E-state index in [1.807, 2.05) is 18.2 Å². The fraction of sp³-hybridized carbons (Fsp3) is 0.250. The zero-order valence-corrected chi connectivity index (χ0v) is 14.7. The molecular weight excluding hydrogens is 345 g/mol. The number of nitrogens with zero attached hydrogens (tertiary/aromatic N) is 3. The highest BCUT2D eigenvalue weighted by Gasteiger charge is 2.23. The summed E-state index contributed by atoms with van der Waals surface area (Å²) in [5, 5.41) is 10.5. The van der Waals surface area contributed by atoms with Crippen LogP contribution in [-0.2, 0) is 0 Å². The molecule has 1 amide bonds. The van der Waals surface area contributed by atoms with E-state index < -0.39 is 0 Å². The fourth-order valence-corrected chi connectivity index (χ4v) is 3.33. The topological polar surface area (TPSA) is 73.9 Å². The van der Waals surface area contributed by atoms with Gasteiger partial charge in [-0.15, -0.1) is 0 Å². The highest BCUT2D eigenvalue weighted by atomic mass is 19.1. The Morgan fingerprint density at radius 1 is 1.19 bits per heavy atom. The zero-order chi connectivity index (χ0) is 18.6. The second-order valence-electron chi connectivity index (χ2n) is 6.64. The number of piperidine rings is 1. The Labute approximate surface area is 156 Å². The van der Waals surface area contributed by atoms with Crippen molar-refractivity contribution in [2.75, 3.05) is 18.0 Å². The minimum atomic E-state index is -0.348. The maximum atomic E-state index is 13.0. The number of carbonyl (C=O) groups excluding carboxylic acids is 1. The number of nitrogens with one attached hydrogen (secondary N) is 2. The summed E-state index contributed by atoms with van der Waals surface area (Å²) in [6.45, 7) is 1.58. The second kappa shape index (κ2) is 7.57. The molecule has 0 radical (unpaired) electrons. The van der Waals surface area contributed by atoms with Crippen molar-refractivity contribution >= 4 is 11.7 Å². The summed E-state index contributed by atoms with van der Waals surface area (Å²) in [4.78, 5) is 18.6. The number of aromatic nitrogens is 3. The van der Waals surface area contributed by atoms with Crippen LogP contribution >= 0.6 is 0 Å². The van der Waals surface area contributed by atoms with Crippen LogP contribution in [0.2, 0.25) is 0 Å². The van der Waals surface area contributed by atoms with Crippen molar-refractivity contribution in [3.05, 3.63) is 66.2 Å². The molecule has 138 valence electrons. The fourth-order valence-electron chi connectivity index (χ4n) is 3.33. The number of benzene rings is 1. The predicted octanol–water partition coefficient (Wildman–Crippen LogP) is 3.01. The van der Waals surface area contributed by atoms with Gasteiger partial charge >= 0.3 is 0 Å². The van der Waals surface area contributed by atoms with Crippen molar-refractivity contribution in [1.29, 1.82) is 0 Å². The standard InChI is InChI=1S/C20H20FN5O/c21-16-5-3-15(4-6-16)20(27)23-17-2-1-11-26(13-17)19-12-18(24-25-19)14-7-9-22-10-8-14/h3-10,12,17H,1-2,11,13H2,(H,23,27)(H,24,25). The molecular formula is C20H20FN5O. The van der Waals surface area contributed by atoms with Crippen LogP contribution in [0.5, 0.6) is 0 Å². The molecule has 1 fully saturated rings. The number of anilines is 1. The molecule has 2 aromatic heterocycles. The number of carbonyl (C=O) groups is 1. The highest BCUT2D eigenvalue weighted by molar-refractivity contribution is 5.94. The van der Waals surface area contributed by atoms with E-state index in [0.29, 0.717) is 12.1 Å². The molecule has 1 atom stereocenters. The monoisotopic (exact) mass is 365 g/mol. The van der Waals surface area contributed by atoms with E-state index in [0.717, 1.165) is 36.5 Å². The van der Waals surface area contributed by atoms with E-state index in [4.69, 9.17) is 0 Å². The molecule has 0 saturated carbocycles. The summed E-state index contributed by atoms with van der Waals surface area (Å²) in [5.74, 6) is 0.336. The Morgan fingerprint density at radius 3 is 2.74 bits per heavy atom. The van der Waals surface area contributed by atoms with E-state index in [1.165, 1.54) is 24.3 Å². The van der Waals surface area contributed by atoms with Crippen molar-refractivity contribution in [2.24, 2.45) is 0 Å². The first-order chi connectivity index (χ1) is 13.2. The van der Waals surface area contributed by atoms with Crippen LogP contribution < -0.4 is 10.2 Å². The van der Waals surface area contributed by atoms with Crippen molar-refractivity contribution in [2.45, 2.75) is 18.9 Å². The maximum absolute atomic E-state index is 13.0. The van der Waals surface area contributed by atoms with Gasteiger partial charge < -0.3 is 10.2 Å². The quantitative estimate of drug-likeness (QED) is 0.745. The number of pyridine rings is 1. The van der Waals surface area contributed by atoms with E-state index in [9.17, 15) is 9.18 Å². The SMILES string of the molecule is O=C(NC1CCCN(c2cc(-c3ccncc3)[nH]n2)C1)c1ccc(F)cc1. The third-order valence-electron chi connectivity index (χ3n) is 4.74. The lowest BCUT2D eigenvalue weighted by molar-refractivity contribution is 0.0933. The van der Waals surface area contributed by atoms with Crippen LogP contribution in [0.15, 0.2) is 54.9 Å². The lowest BCUT2D eigenvalue weighted by Gasteiger charge is -2.33. The van der Waals surface area contributed by atoms with Crippen LogP contribution in [0.25, 0.3) is 11.3 Å². The zero-order valence-electron chi connectivity index (χ0n) is 14.7. The van der Waals surface area contributed by atoms with E-state index in [1.54, 1.807) is 12.4 Å². The Hall–Kier alpha value is -3.22. The van der Waals surface area contributed by atoms with Gasteiger partial charge in [0.2, 0.25) is 0 Å². The van der Waals surface area contributed by atoms with E-state index in [-0.39, 0.29) is 17.8 Å². The highest BCUT2D eigenvalue weighted by Crippen LogP contribution is 2.23. The third-order valence-corrected chi connectivity index (χ3v) is 4.74. The summed E-state index contributed by atoms with van der Waals surface area (Å²) in [6, 6.07) is 11.5. The van der Waals surface area contributed by atoms with Gasteiger partial charge in [-0.25, -0.2) is 4.39 Å². The van der Waals surface area contributed by atoms with Gasteiger partial charge in [0.15, 0.2) is 5.82 Å². The molecule has 27 heavy (non-hydrogen) atoms. The van der Waals surface area contributed by atoms with Crippen LogP contribution in [0.1, 0.15) is 23.2 Å². The predicted molar refractivity (Wildman–Crippen MR) is 101 cm³/mol. The number of halogens is 1. The normalized spacial score (nSPS) is 16.9. The molecule has 6 nitrogen and oxygen atoms in total. The molecule has 1 aliphatic heterocycles. The molecule has 3 aromatic rings. The molecule has 1 saturated heterocycles. The van der Waals surface area contributed by atoms with Gasteiger partial charge in [-0.3, -0.25) is 14.9 Å². The van der Waals surface area contributed by atoms with E-state index >= 15 is 0 Å². The van der Waals surface area contributed by atoms with Crippen molar-refractivity contribution in [1.82, 2.24) is 20.5 Å². The van der Waals surface area contributed by atoms with Gasteiger partial charge in [-0.1, -0.05) is 0 Å². The lowest BCUT2D eigenvalue weighted by Crippen LogP contribution is -2.48. The molecule has 1 unspecified atom stereocenters. The summed E-state index contributed by atoms with van der Waals surface area (Å²) < 4.78 is 13.0. The summed E-state index contributed by atoms with van der Waals surface area (Å²) in [5.41, 5.74) is 2.43. The third kappa shape index (κ3) is 3.97. The van der Waals surface area contributed by atoms with Crippen LogP contribution in [-0.4, -0.2) is 40.2 Å². The average Bonchev–Trinajstić information content (AvgIpc) is 3.20. The van der Waals surface area contributed by atoms with Gasteiger partial charge in [-0.05, 0) is 49.2 Å². The van der Waals surface area contributed by atoms with E-state index in [2.05, 4.69) is 25.4 Å². The molecule has 3 heterocycles. The number of amides is 1. The number of H-pyrrole nitrogens is 1. The van der Waals surface area contributed by atoms with Crippen LogP contribution in [0, 0.1) is 5.82 Å². The van der Waals surface area contributed by atoms with Crippen LogP contribution in [0.3, 0.4) is 0 Å². The van der Waals surface area contributed by atoms with Gasteiger partial charge in [-0.2, -0.15) is 5.10 Å². The van der Waals surface area contributed by atoms with Gasteiger partial charge in [0.1, 0.15) is 5.82 Å². The Balaban J connectivity index is 1.42. The minimum absolute atomic E-state index is 0.0254. The van der Waals surface area contributed by atoms with Gasteiger partial charge in [0.05, 0.1) is 5.69 Å². The molecule has 0 spiro atoms. The van der Waals surface area contributed by atoms with Crippen molar-refractivity contribution in [3.63, 3.8) is 0 Å². The Kier molecular flexibility index (Phi) is 4.82. The second-order valence-corrected chi connectivity index (χ2v) is 6.64. The summed E-state index contributed by atoms with van der Waals surface area (Å²) in [6.07, 6.45) is 5.37. The molecule has 4 rings (SSSR count). The van der Waals surface area contributed by atoms with Crippen LogP contribution in [0.4, 0.5) is 10.2 Å². The number of hydrogen-bond acceptors (Lipinski definition) is 4.